The van der Waals surface area contributed by atoms with Crippen molar-refractivity contribution in [2.24, 2.45) is 10.9 Å². The lowest BCUT2D eigenvalue weighted by Crippen LogP contribution is -2.54. The Hall–Kier alpha value is -1.11. The minimum absolute atomic E-state index is 0.0381. The number of urea groups is 1. The molecule has 1 saturated carbocycles. The van der Waals surface area contributed by atoms with Crippen LogP contribution in [0.25, 0.3) is 0 Å². The predicted octanol–water partition coefficient (Wildman–Crippen LogP) is 1.97. The first kappa shape index (κ1) is 16.3. The minimum atomic E-state index is -0.337. The normalized spacial score (nSPS) is 23.9. The summed E-state index contributed by atoms with van der Waals surface area (Å²) >= 11 is 1.60. The van der Waals surface area contributed by atoms with Crippen LogP contribution in [-0.2, 0) is 0 Å². The first-order valence-electron chi connectivity index (χ1n) is 7.70. The van der Waals surface area contributed by atoms with Crippen molar-refractivity contribution in [3.63, 3.8) is 0 Å². The molecule has 4 N–H and O–H groups in total. The number of nitrogens with zero attached hydrogens (tertiary/aromatic N) is 2. The zero-order valence-electron chi connectivity index (χ0n) is 12.7. The fraction of sp³-hybridized carbons (Fsp3) is 0.857. The van der Waals surface area contributed by atoms with Gasteiger partial charge in [0.15, 0.2) is 5.84 Å². The summed E-state index contributed by atoms with van der Waals surface area (Å²) in [6.07, 6.45) is 9.32. The van der Waals surface area contributed by atoms with Crippen LogP contribution in [-0.4, -0.2) is 52.1 Å². The number of oxime groups is 1. The number of likely N-dealkylation sites (tertiary alicyclic amines) is 1. The summed E-state index contributed by atoms with van der Waals surface area (Å²) in [6, 6.07) is 0.374. The molecule has 120 valence electrons. The molecule has 1 aliphatic carbocycles. The van der Waals surface area contributed by atoms with Gasteiger partial charge in [-0.15, -0.1) is 0 Å². The minimum Gasteiger partial charge on any atom is -0.409 e. The van der Waals surface area contributed by atoms with Crippen LogP contribution in [0.1, 0.15) is 44.9 Å². The van der Waals surface area contributed by atoms with Crippen molar-refractivity contribution in [1.29, 1.82) is 0 Å². The standard InChI is InChI=1S/C14H26N4O2S/c1-21-14(12(15)17-20)7-9-18(10-8-14)13(19)16-11-5-3-2-4-6-11/h11,20H,2-10H2,1H3,(H2,15,17)(H,16,19). The van der Waals surface area contributed by atoms with Crippen molar-refractivity contribution in [1.82, 2.24) is 10.2 Å². The highest BCUT2D eigenvalue weighted by Gasteiger charge is 2.39. The van der Waals surface area contributed by atoms with E-state index >= 15 is 0 Å². The molecule has 6 nitrogen and oxygen atoms in total. The van der Waals surface area contributed by atoms with Crippen molar-refractivity contribution in [3.05, 3.63) is 0 Å². The van der Waals surface area contributed by atoms with Gasteiger partial charge in [-0.3, -0.25) is 0 Å². The Labute approximate surface area is 130 Å². The number of hydrogen-bond acceptors (Lipinski definition) is 4. The summed E-state index contributed by atoms with van der Waals surface area (Å²) in [6.45, 7) is 1.30. The quantitative estimate of drug-likeness (QED) is 0.321. The zero-order valence-corrected chi connectivity index (χ0v) is 13.5. The van der Waals surface area contributed by atoms with E-state index in [4.69, 9.17) is 10.9 Å². The lowest BCUT2D eigenvalue weighted by molar-refractivity contribution is 0.176. The number of thioether (sulfide) groups is 1. The van der Waals surface area contributed by atoms with E-state index < -0.39 is 0 Å². The zero-order chi connectivity index (χ0) is 15.3. The van der Waals surface area contributed by atoms with E-state index in [1.54, 1.807) is 11.8 Å². The lowest BCUT2D eigenvalue weighted by Gasteiger charge is -2.40. The highest BCUT2D eigenvalue weighted by Crippen LogP contribution is 2.34. The molecule has 0 bridgehead atoms. The Morgan fingerprint density at radius 3 is 2.48 bits per heavy atom. The smallest absolute Gasteiger partial charge is 0.317 e. The molecule has 0 aromatic carbocycles. The summed E-state index contributed by atoms with van der Waals surface area (Å²) in [4.78, 5) is 14.2. The summed E-state index contributed by atoms with van der Waals surface area (Å²) in [7, 11) is 0. The van der Waals surface area contributed by atoms with Gasteiger partial charge in [0, 0.05) is 19.1 Å². The number of piperidine rings is 1. The monoisotopic (exact) mass is 314 g/mol. The highest BCUT2D eigenvalue weighted by atomic mass is 32.2. The molecule has 1 heterocycles. The van der Waals surface area contributed by atoms with Gasteiger partial charge in [-0.2, -0.15) is 11.8 Å². The van der Waals surface area contributed by atoms with Crippen LogP contribution in [0, 0.1) is 0 Å². The molecule has 0 spiro atoms. The van der Waals surface area contributed by atoms with E-state index in [0.717, 1.165) is 25.7 Å². The third kappa shape index (κ3) is 3.75. The molecule has 0 unspecified atom stereocenters. The molecule has 0 radical (unpaired) electrons. The summed E-state index contributed by atoms with van der Waals surface area (Å²) in [5.74, 6) is 0.266. The molecule has 7 heteroatoms. The molecule has 0 atom stereocenters. The van der Waals surface area contributed by atoms with Gasteiger partial charge in [0.25, 0.3) is 0 Å². The van der Waals surface area contributed by atoms with Gasteiger partial charge >= 0.3 is 6.03 Å². The fourth-order valence-electron chi connectivity index (χ4n) is 3.24. The third-order valence-corrected chi connectivity index (χ3v) is 6.16. The summed E-state index contributed by atoms with van der Waals surface area (Å²) < 4.78 is -0.337. The molecule has 0 aromatic rings. The number of nitrogens with two attached hydrogens (primary N) is 1. The molecule has 2 aliphatic rings. The summed E-state index contributed by atoms with van der Waals surface area (Å²) in [5.41, 5.74) is 5.82. The van der Waals surface area contributed by atoms with E-state index in [2.05, 4.69) is 10.5 Å². The van der Waals surface area contributed by atoms with Crippen LogP contribution in [0.2, 0.25) is 0 Å². The molecule has 0 aromatic heterocycles. The average molecular weight is 314 g/mol. The lowest BCUT2D eigenvalue weighted by atomic mass is 9.94. The molecular formula is C14H26N4O2S. The van der Waals surface area contributed by atoms with Crippen LogP contribution in [0.4, 0.5) is 4.79 Å². The summed E-state index contributed by atoms with van der Waals surface area (Å²) in [5, 5.41) is 15.3. The van der Waals surface area contributed by atoms with E-state index in [-0.39, 0.29) is 16.6 Å². The molecule has 2 fully saturated rings. The van der Waals surface area contributed by atoms with Crippen molar-refractivity contribution in [2.45, 2.75) is 55.7 Å². The van der Waals surface area contributed by atoms with Gasteiger partial charge < -0.3 is 21.2 Å². The Morgan fingerprint density at radius 2 is 1.95 bits per heavy atom. The number of amidine groups is 1. The second-order valence-corrected chi connectivity index (χ2v) is 7.14. The van der Waals surface area contributed by atoms with Crippen molar-refractivity contribution >= 4 is 23.6 Å². The van der Waals surface area contributed by atoms with Crippen molar-refractivity contribution < 1.29 is 10.0 Å². The maximum atomic E-state index is 12.3. The van der Waals surface area contributed by atoms with Crippen LogP contribution in [0.3, 0.4) is 0 Å². The number of carbonyl (C=O) groups excluding carboxylic acids is 1. The average Bonchev–Trinajstić information content (AvgIpc) is 2.55. The molecule has 1 aliphatic heterocycles. The number of amides is 2. The first-order valence-corrected chi connectivity index (χ1v) is 8.92. The van der Waals surface area contributed by atoms with Crippen LogP contribution in [0.15, 0.2) is 5.16 Å². The number of rotatable bonds is 3. The number of carbonyl (C=O) groups is 1. The first-order chi connectivity index (χ1) is 10.1. The van der Waals surface area contributed by atoms with Gasteiger partial charge in [0.05, 0.1) is 4.75 Å². The van der Waals surface area contributed by atoms with E-state index in [1.807, 2.05) is 11.2 Å². The highest BCUT2D eigenvalue weighted by molar-refractivity contribution is 8.00. The van der Waals surface area contributed by atoms with Gasteiger partial charge in [0.2, 0.25) is 0 Å². The maximum Gasteiger partial charge on any atom is 0.317 e. The van der Waals surface area contributed by atoms with Gasteiger partial charge in [0.1, 0.15) is 0 Å². The van der Waals surface area contributed by atoms with E-state index in [0.29, 0.717) is 19.1 Å². The topological polar surface area (TPSA) is 91.0 Å². The van der Waals surface area contributed by atoms with Crippen molar-refractivity contribution in [2.75, 3.05) is 19.3 Å². The molecule has 1 saturated heterocycles. The van der Waals surface area contributed by atoms with Crippen molar-refractivity contribution in [3.8, 4) is 0 Å². The SMILES string of the molecule is CSC1(C(N)=NO)CCN(C(=O)NC2CCCCC2)CC1. The number of hydrogen-bond donors (Lipinski definition) is 3. The molecule has 2 rings (SSSR count). The van der Waals surface area contributed by atoms with E-state index in [9.17, 15) is 4.79 Å². The second-order valence-electron chi connectivity index (χ2n) is 5.96. The number of nitrogens with one attached hydrogen (secondary N) is 1. The molecule has 2 amide bonds. The van der Waals surface area contributed by atoms with Gasteiger partial charge in [-0.05, 0) is 31.9 Å². The third-order valence-electron chi connectivity index (χ3n) is 4.76. The van der Waals surface area contributed by atoms with Gasteiger partial charge in [-0.25, -0.2) is 4.79 Å². The molecule has 21 heavy (non-hydrogen) atoms. The second kappa shape index (κ2) is 7.24. The van der Waals surface area contributed by atoms with Crippen LogP contribution >= 0.6 is 11.8 Å². The predicted molar refractivity (Wildman–Crippen MR) is 85.9 cm³/mol. The fourth-order valence-corrected chi connectivity index (χ4v) is 4.08. The Bertz CT molecular complexity index is 388. The maximum absolute atomic E-state index is 12.3. The van der Waals surface area contributed by atoms with E-state index in [1.165, 1.54) is 19.3 Å². The Kier molecular flexibility index (Phi) is 5.61. The largest absolute Gasteiger partial charge is 0.409 e. The van der Waals surface area contributed by atoms with Crippen LogP contribution in [0.5, 0.6) is 0 Å². The Morgan fingerprint density at radius 1 is 1.33 bits per heavy atom. The molecular weight excluding hydrogens is 288 g/mol. The van der Waals surface area contributed by atoms with Crippen LogP contribution < -0.4 is 11.1 Å². The van der Waals surface area contributed by atoms with Gasteiger partial charge in [-0.1, -0.05) is 24.4 Å². The Balaban J connectivity index is 1.86.